The maximum absolute atomic E-state index is 13.4. The number of pyridine rings is 1. The lowest BCUT2D eigenvalue weighted by Gasteiger charge is -2.10. The van der Waals surface area contributed by atoms with Crippen LogP contribution in [0.25, 0.3) is 16.9 Å². The number of anilines is 1. The van der Waals surface area contributed by atoms with E-state index in [0.717, 1.165) is 22.4 Å². The minimum absolute atomic E-state index is 0.260. The summed E-state index contributed by atoms with van der Waals surface area (Å²) in [5.74, 6) is -0.648. The van der Waals surface area contributed by atoms with Gasteiger partial charge in [0, 0.05) is 23.6 Å². The largest absolute Gasteiger partial charge is 0.320 e. The molecule has 0 unspecified atom stereocenters. The second-order valence-corrected chi connectivity index (χ2v) is 6.77. The molecular formula is C23H19FN4O. The van der Waals surface area contributed by atoms with Crippen molar-refractivity contribution in [1.82, 2.24) is 14.8 Å². The molecule has 144 valence electrons. The van der Waals surface area contributed by atoms with Crippen molar-refractivity contribution < 1.29 is 9.18 Å². The summed E-state index contributed by atoms with van der Waals surface area (Å²) < 4.78 is 15.0. The molecule has 5 nitrogen and oxygen atoms in total. The van der Waals surface area contributed by atoms with Crippen LogP contribution in [0.5, 0.6) is 0 Å². The number of carbonyl (C=O) groups is 1. The lowest BCUT2D eigenvalue weighted by molar-refractivity contribution is 0.102. The van der Waals surface area contributed by atoms with E-state index in [1.807, 2.05) is 44.2 Å². The molecule has 0 bridgehead atoms. The molecule has 6 heteroatoms. The van der Waals surface area contributed by atoms with Crippen molar-refractivity contribution in [3.05, 3.63) is 95.7 Å². The van der Waals surface area contributed by atoms with Gasteiger partial charge in [-0.1, -0.05) is 18.2 Å². The molecule has 0 saturated heterocycles. The van der Waals surface area contributed by atoms with Crippen LogP contribution in [0.15, 0.2) is 73.1 Å². The Kier molecular flexibility index (Phi) is 4.91. The highest BCUT2D eigenvalue weighted by molar-refractivity contribution is 6.04. The maximum Gasteiger partial charge on any atom is 0.276 e. The Morgan fingerprint density at radius 1 is 1.00 bits per heavy atom. The molecule has 0 atom stereocenters. The Morgan fingerprint density at radius 3 is 2.38 bits per heavy atom. The van der Waals surface area contributed by atoms with Crippen LogP contribution in [0.1, 0.15) is 21.6 Å². The summed E-state index contributed by atoms with van der Waals surface area (Å²) in [5, 5.41) is 7.45. The Morgan fingerprint density at radius 2 is 1.72 bits per heavy atom. The predicted octanol–water partition coefficient (Wildman–Crippen LogP) is 4.94. The van der Waals surface area contributed by atoms with E-state index in [4.69, 9.17) is 0 Å². The number of nitrogens with zero attached hydrogens (tertiary/aromatic N) is 3. The molecule has 0 aliphatic rings. The molecule has 1 N–H and O–H groups in total. The first-order valence-electron chi connectivity index (χ1n) is 9.17. The fraction of sp³-hybridized carbons (Fsp3) is 0.0870. The predicted molar refractivity (Wildman–Crippen MR) is 111 cm³/mol. The molecule has 0 spiro atoms. The van der Waals surface area contributed by atoms with E-state index in [0.29, 0.717) is 11.4 Å². The van der Waals surface area contributed by atoms with Crippen LogP contribution in [0.3, 0.4) is 0 Å². The number of carbonyl (C=O) groups excluding carboxylic acids is 1. The molecule has 4 rings (SSSR count). The number of nitrogens with one attached hydrogen (secondary N) is 1. The number of benzene rings is 2. The molecule has 0 radical (unpaired) electrons. The van der Waals surface area contributed by atoms with E-state index in [1.165, 1.54) is 12.1 Å². The average molecular weight is 386 g/mol. The second kappa shape index (κ2) is 7.67. The Labute approximate surface area is 167 Å². The van der Waals surface area contributed by atoms with E-state index < -0.39 is 0 Å². The van der Waals surface area contributed by atoms with Crippen LogP contribution in [0.2, 0.25) is 0 Å². The monoisotopic (exact) mass is 386 g/mol. The number of amides is 1. The minimum Gasteiger partial charge on any atom is -0.320 e. The van der Waals surface area contributed by atoms with Crippen molar-refractivity contribution in [1.29, 1.82) is 0 Å². The van der Waals surface area contributed by atoms with Crippen LogP contribution >= 0.6 is 0 Å². The smallest absolute Gasteiger partial charge is 0.276 e. The van der Waals surface area contributed by atoms with Gasteiger partial charge in [-0.2, -0.15) is 5.10 Å². The zero-order valence-corrected chi connectivity index (χ0v) is 16.1. The van der Waals surface area contributed by atoms with Crippen LogP contribution in [0, 0.1) is 19.7 Å². The molecule has 2 aromatic carbocycles. The summed E-state index contributed by atoms with van der Waals surface area (Å²) in [7, 11) is 0. The Hall–Kier alpha value is -3.80. The first kappa shape index (κ1) is 18.6. The quantitative estimate of drug-likeness (QED) is 0.540. The summed E-state index contributed by atoms with van der Waals surface area (Å²) in [6, 6.07) is 17.2. The first-order valence-corrected chi connectivity index (χ1v) is 9.17. The highest BCUT2D eigenvalue weighted by Crippen LogP contribution is 2.25. The average Bonchev–Trinajstić information content (AvgIpc) is 3.17. The molecule has 4 aromatic rings. The molecule has 2 heterocycles. The topological polar surface area (TPSA) is 59.8 Å². The normalized spacial score (nSPS) is 10.7. The zero-order valence-electron chi connectivity index (χ0n) is 16.1. The van der Waals surface area contributed by atoms with Gasteiger partial charge in [-0.25, -0.2) is 9.07 Å². The number of halogens is 1. The van der Waals surface area contributed by atoms with Crippen LogP contribution in [-0.2, 0) is 0 Å². The van der Waals surface area contributed by atoms with Gasteiger partial charge >= 0.3 is 0 Å². The third-order valence-corrected chi connectivity index (χ3v) is 4.69. The SMILES string of the molecule is Cc1cccc(C)c1NC(=O)c1cc(-c2cccnc2)n(-c2ccc(F)cc2)n1. The second-order valence-electron chi connectivity index (χ2n) is 6.77. The third kappa shape index (κ3) is 3.78. The molecule has 0 aliphatic carbocycles. The van der Waals surface area contributed by atoms with Gasteiger partial charge in [0.1, 0.15) is 5.82 Å². The maximum atomic E-state index is 13.4. The number of aryl methyl sites for hydroxylation is 2. The van der Waals surface area contributed by atoms with E-state index in [-0.39, 0.29) is 17.4 Å². The van der Waals surface area contributed by atoms with Crippen LogP contribution in [0.4, 0.5) is 10.1 Å². The molecular weight excluding hydrogens is 367 g/mol. The van der Waals surface area contributed by atoms with Crippen LogP contribution < -0.4 is 5.32 Å². The number of aromatic nitrogens is 3. The van der Waals surface area contributed by atoms with Crippen molar-refractivity contribution in [2.24, 2.45) is 0 Å². The van der Waals surface area contributed by atoms with Crippen molar-refractivity contribution in [3.8, 4) is 16.9 Å². The van der Waals surface area contributed by atoms with Gasteiger partial charge in [0.15, 0.2) is 5.69 Å². The van der Waals surface area contributed by atoms with Crippen molar-refractivity contribution in [3.63, 3.8) is 0 Å². The summed E-state index contributed by atoms with van der Waals surface area (Å²) >= 11 is 0. The lowest BCUT2D eigenvalue weighted by Crippen LogP contribution is -2.15. The fourth-order valence-corrected chi connectivity index (χ4v) is 3.18. The van der Waals surface area contributed by atoms with Gasteiger partial charge in [-0.05, 0) is 67.4 Å². The van der Waals surface area contributed by atoms with Gasteiger partial charge in [0.25, 0.3) is 5.91 Å². The first-order chi connectivity index (χ1) is 14.0. The van der Waals surface area contributed by atoms with Crippen molar-refractivity contribution >= 4 is 11.6 Å². The van der Waals surface area contributed by atoms with E-state index in [1.54, 1.807) is 35.3 Å². The molecule has 29 heavy (non-hydrogen) atoms. The van der Waals surface area contributed by atoms with E-state index >= 15 is 0 Å². The standard InChI is InChI=1S/C23H19FN4O/c1-15-5-3-6-16(2)22(15)26-23(29)20-13-21(17-7-4-12-25-14-17)28(27-20)19-10-8-18(24)9-11-19/h3-14H,1-2H3,(H,26,29). The Bertz CT molecular complexity index is 1150. The summed E-state index contributed by atoms with van der Waals surface area (Å²) in [6.07, 6.45) is 3.38. The van der Waals surface area contributed by atoms with Crippen molar-refractivity contribution in [2.75, 3.05) is 5.32 Å². The lowest BCUT2D eigenvalue weighted by atomic mass is 10.1. The van der Waals surface area contributed by atoms with Gasteiger partial charge in [0.2, 0.25) is 0 Å². The van der Waals surface area contributed by atoms with Gasteiger partial charge < -0.3 is 5.32 Å². The molecule has 0 saturated carbocycles. The number of hydrogen-bond donors (Lipinski definition) is 1. The highest BCUT2D eigenvalue weighted by atomic mass is 19.1. The van der Waals surface area contributed by atoms with Gasteiger partial charge in [0.05, 0.1) is 11.4 Å². The van der Waals surface area contributed by atoms with E-state index in [9.17, 15) is 9.18 Å². The minimum atomic E-state index is -0.336. The number of hydrogen-bond acceptors (Lipinski definition) is 3. The van der Waals surface area contributed by atoms with Crippen molar-refractivity contribution in [2.45, 2.75) is 13.8 Å². The number of para-hydroxylation sites is 1. The highest BCUT2D eigenvalue weighted by Gasteiger charge is 2.18. The van der Waals surface area contributed by atoms with Crippen LogP contribution in [-0.4, -0.2) is 20.7 Å². The number of rotatable bonds is 4. The summed E-state index contributed by atoms with van der Waals surface area (Å²) in [4.78, 5) is 17.1. The molecule has 1 amide bonds. The van der Waals surface area contributed by atoms with E-state index in [2.05, 4.69) is 15.4 Å². The molecule has 0 fully saturated rings. The summed E-state index contributed by atoms with van der Waals surface area (Å²) in [5.41, 5.74) is 5.13. The van der Waals surface area contributed by atoms with Gasteiger partial charge in [-0.3, -0.25) is 9.78 Å². The summed E-state index contributed by atoms with van der Waals surface area (Å²) in [6.45, 7) is 3.89. The Balaban J connectivity index is 1.77. The third-order valence-electron chi connectivity index (χ3n) is 4.69. The molecule has 2 aromatic heterocycles. The fourth-order valence-electron chi connectivity index (χ4n) is 3.18. The molecule has 0 aliphatic heterocycles. The zero-order chi connectivity index (χ0) is 20.4. The van der Waals surface area contributed by atoms with Gasteiger partial charge in [-0.15, -0.1) is 0 Å².